The normalized spacial score (nSPS) is 19.0. The fourth-order valence-corrected chi connectivity index (χ4v) is 4.77. The van der Waals surface area contributed by atoms with Crippen LogP contribution in [0.5, 0.6) is 0 Å². The Bertz CT molecular complexity index is 1110. The molecule has 0 amide bonds. The predicted molar refractivity (Wildman–Crippen MR) is 114 cm³/mol. The zero-order chi connectivity index (χ0) is 21.4. The summed E-state index contributed by atoms with van der Waals surface area (Å²) in [6.45, 7) is 7.89. The van der Waals surface area contributed by atoms with Gasteiger partial charge in [-0.05, 0) is 44.7 Å². The Balaban J connectivity index is 1.67. The highest BCUT2D eigenvalue weighted by Gasteiger charge is 2.31. The Labute approximate surface area is 174 Å². The van der Waals surface area contributed by atoms with Crippen molar-refractivity contribution in [3.8, 4) is 6.07 Å². The summed E-state index contributed by atoms with van der Waals surface area (Å²) in [5.74, 6) is -0.0214. The molecular formula is C22H28FN5O2. The molecule has 7 nitrogen and oxygen atoms in total. The minimum Gasteiger partial charge on any atom is -0.369 e. The van der Waals surface area contributed by atoms with Gasteiger partial charge < -0.3 is 9.80 Å². The van der Waals surface area contributed by atoms with Gasteiger partial charge in [0.15, 0.2) is 0 Å². The van der Waals surface area contributed by atoms with Crippen LogP contribution in [-0.2, 0) is 0 Å². The van der Waals surface area contributed by atoms with E-state index < -0.39 is 17.1 Å². The van der Waals surface area contributed by atoms with Gasteiger partial charge in [-0.3, -0.25) is 14.3 Å². The van der Waals surface area contributed by atoms with Gasteiger partial charge in [-0.2, -0.15) is 5.26 Å². The molecule has 1 aliphatic carbocycles. The summed E-state index contributed by atoms with van der Waals surface area (Å²) in [5, 5.41) is 9.08. The molecule has 2 aromatic rings. The molecule has 1 unspecified atom stereocenters. The van der Waals surface area contributed by atoms with Crippen molar-refractivity contribution in [2.45, 2.75) is 45.6 Å². The van der Waals surface area contributed by atoms with Crippen LogP contribution in [0.15, 0.2) is 15.7 Å². The molecule has 2 fully saturated rings. The maximum Gasteiger partial charge on any atom is 0.329 e. The maximum atomic E-state index is 15.2. The number of anilines is 1. The van der Waals surface area contributed by atoms with Gasteiger partial charge in [0.05, 0.1) is 22.7 Å². The van der Waals surface area contributed by atoms with Gasteiger partial charge in [0.25, 0.3) is 5.56 Å². The molecule has 8 heteroatoms. The average molecular weight is 413 g/mol. The van der Waals surface area contributed by atoms with Crippen molar-refractivity contribution in [3.05, 3.63) is 38.3 Å². The number of aromatic nitrogens is 2. The molecule has 30 heavy (non-hydrogen) atoms. The quantitative estimate of drug-likeness (QED) is 0.754. The van der Waals surface area contributed by atoms with Gasteiger partial charge in [0, 0.05) is 44.2 Å². The second kappa shape index (κ2) is 8.23. The molecule has 2 aliphatic rings. The van der Waals surface area contributed by atoms with Crippen LogP contribution in [-0.4, -0.2) is 47.2 Å². The molecule has 2 heterocycles. The van der Waals surface area contributed by atoms with Crippen molar-refractivity contribution < 1.29 is 4.39 Å². The summed E-state index contributed by atoms with van der Waals surface area (Å²) in [5.41, 5.74) is 0.791. The first-order valence-electron chi connectivity index (χ1n) is 10.8. The minimum atomic E-state index is -0.532. The topological polar surface area (TPSA) is 85.1 Å². The highest BCUT2D eigenvalue weighted by molar-refractivity contribution is 5.87. The van der Waals surface area contributed by atoms with Crippen molar-refractivity contribution in [2.24, 2.45) is 5.92 Å². The van der Waals surface area contributed by atoms with E-state index in [9.17, 15) is 9.59 Å². The van der Waals surface area contributed by atoms with Crippen LogP contribution in [0.3, 0.4) is 0 Å². The molecule has 0 radical (unpaired) electrons. The van der Waals surface area contributed by atoms with Crippen LogP contribution in [0.4, 0.5) is 10.1 Å². The molecule has 1 aromatic carbocycles. The Morgan fingerprint density at radius 2 is 2.10 bits per heavy atom. The van der Waals surface area contributed by atoms with Gasteiger partial charge in [-0.1, -0.05) is 6.92 Å². The molecule has 1 aliphatic heterocycles. The number of nitrogens with zero attached hydrogens (tertiary/aromatic N) is 4. The average Bonchev–Trinajstić information content (AvgIpc) is 3.45. The SMILES string of the molecule is CCN(CCC#N)CC1CCN(c2c(F)cc3c(=O)[nH]c(=O)n(C4CC4)c3c2C)C1. The molecule has 0 bridgehead atoms. The molecule has 0 spiro atoms. The Morgan fingerprint density at radius 3 is 2.77 bits per heavy atom. The van der Waals surface area contributed by atoms with Crippen LogP contribution in [0.2, 0.25) is 0 Å². The van der Waals surface area contributed by atoms with E-state index in [4.69, 9.17) is 5.26 Å². The monoisotopic (exact) mass is 413 g/mol. The summed E-state index contributed by atoms with van der Waals surface area (Å²) < 4.78 is 16.8. The molecule has 1 aromatic heterocycles. The standard InChI is InChI=1S/C22H28FN5O2/c1-3-26(9-4-8-24)12-15-7-10-27(13-15)20-14(2)19-17(11-18(20)23)21(29)25-22(30)28(19)16-5-6-16/h11,15-16H,3-7,9-10,12-13H2,1-2H3,(H,25,29,30). The van der Waals surface area contributed by atoms with Crippen molar-refractivity contribution in [1.29, 1.82) is 5.26 Å². The zero-order valence-corrected chi connectivity index (χ0v) is 17.6. The molecule has 1 atom stereocenters. The van der Waals surface area contributed by atoms with Gasteiger partial charge in [0.2, 0.25) is 0 Å². The number of aryl methyl sites for hydroxylation is 1. The van der Waals surface area contributed by atoms with Crippen molar-refractivity contribution in [1.82, 2.24) is 14.5 Å². The minimum absolute atomic E-state index is 0.0819. The number of hydrogen-bond acceptors (Lipinski definition) is 5. The third kappa shape index (κ3) is 3.74. The van der Waals surface area contributed by atoms with Crippen LogP contribution in [0.1, 0.15) is 44.2 Å². The number of benzene rings is 1. The summed E-state index contributed by atoms with van der Waals surface area (Å²) in [7, 11) is 0. The second-order valence-corrected chi connectivity index (χ2v) is 8.49. The van der Waals surface area contributed by atoms with E-state index in [2.05, 4.69) is 27.8 Å². The lowest BCUT2D eigenvalue weighted by atomic mass is 10.1. The first-order chi connectivity index (χ1) is 14.4. The third-order valence-corrected chi connectivity index (χ3v) is 6.41. The first-order valence-corrected chi connectivity index (χ1v) is 10.8. The molecule has 4 rings (SSSR count). The number of aromatic amines is 1. The van der Waals surface area contributed by atoms with Gasteiger partial charge in [0.1, 0.15) is 5.82 Å². The van der Waals surface area contributed by atoms with Gasteiger partial charge >= 0.3 is 5.69 Å². The summed E-state index contributed by atoms with van der Waals surface area (Å²) in [6.07, 6.45) is 3.25. The number of halogens is 1. The maximum absolute atomic E-state index is 15.2. The van der Waals surface area contributed by atoms with Gasteiger partial charge in [-0.25, -0.2) is 9.18 Å². The van der Waals surface area contributed by atoms with Crippen LogP contribution in [0.25, 0.3) is 10.9 Å². The Morgan fingerprint density at radius 1 is 1.33 bits per heavy atom. The van der Waals surface area contributed by atoms with E-state index in [1.165, 1.54) is 6.07 Å². The number of rotatable bonds is 7. The second-order valence-electron chi connectivity index (χ2n) is 8.49. The summed E-state index contributed by atoms with van der Waals surface area (Å²) >= 11 is 0. The molecule has 1 N–H and O–H groups in total. The Hall–Kier alpha value is -2.66. The Kier molecular flexibility index (Phi) is 5.65. The third-order valence-electron chi connectivity index (χ3n) is 6.41. The van der Waals surface area contributed by atoms with Gasteiger partial charge in [-0.15, -0.1) is 0 Å². The van der Waals surface area contributed by atoms with E-state index in [1.54, 1.807) is 4.57 Å². The number of fused-ring (bicyclic) bond motifs is 1. The fourth-order valence-electron chi connectivity index (χ4n) is 4.77. The molecular weight excluding hydrogens is 385 g/mol. The lowest BCUT2D eigenvalue weighted by Gasteiger charge is -2.26. The smallest absolute Gasteiger partial charge is 0.329 e. The van der Waals surface area contributed by atoms with E-state index >= 15 is 4.39 Å². The number of nitriles is 1. The van der Waals surface area contributed by atoms with Crippen LogP contribution < -0.4 is 16.1 Å². The highest BCUT2D eigenvalue weighted by atomic mass is 19.1. The summed E-state index contributed by atoms with van der Waals surface area (Å²) in [4.78, 5) is 31.5. The lowest BCUT2D eigenvalue weighted by molar-refractivity contribution is 0.254. The molecule has 1 saturated heterocycles. The lowest BCUT2D eigenvalue weighted by Crippen LogP contribution is -2.33. The largest absolute Gasteiger partial charge is 0.369 e. The number of hydrogen-bond donors (Lipinski definition) is 1. The first kappa shape index (κ1) is 20.6. The molecule has 160 valence electrons. The number of H-pyrrole nitrogens is 1. The predicted octanol–water partition coefficient (Wildman–Crippen LogP) is 2.53. The molecule has 1 saturated carbocycles. The van der Waals surface area contributed by atoms with Crippen LogP contribution >= 0.6 is 0 Å². The van der Waals surface area contributed by atoms with Crippen LogP contribution in [0, 0.1) is 30.0 Å². The van der Waals surface area contributed by atoms with E-state index in [1.807, 2.05) is 6.92 Å². The van der Waals surface area contributed by atoms with E-state index in [0.29, 0.717) is 29.1 Å². The highest BCUT2D eigenvalue weighted by Crippen LogP contribution is 2.39. The van der Waals surface area contributed by atoms with Crippen molar-refractivity contribution >= 4 is 16.6 Å². The summed E-state index contributed by atoms with van der Waals surface area (Å²) in [6, 6.07) is 3.56. The van der Waals surface area contributed by atoms with E-state index in [-0.39, 0.29) is 11.4 Å². The van der Waals surface area contributed by atoms with Crippen molar-refractivity contribution in [3.63, 3.8) is 0 Å². The van der Waals surface area contributed by atoms with E-state index in [0.717, 1.165) is 52.0 Å². The zero-order valence-electron chi connectivity index (χ0n) is 17.6. The fraction of sp³-hybridized carbons (Fsp3) is 0.591. The number of nitrogens with one attached hydrogen (secondary N) is 1. The van der Waals surface area contributed by atoms with Crippen molar-refractivity contribution in [2.75, 3.05) is 37.6 Å².